The van der Waals surface area contributed by atoms with E-state index in [0.29, 0.717) is 0 Å². The Hall–Kier alpha value is -1.24. The fourth-order valence-corrected chi connectivity index (χ4v) is 3.24. The molecule has 0 amide bonds. The smallest absolute Gasteiger partial charge is 0.225 e. The summed E-state index contributed by atoms with van der Waals surface area (Å²) < 4.78 is 5.50. The molecule has 2 saturated heterocycles. The molecule has 0 spiro atoms. The highest BCUT2D eigenvalue weighted by atomic mass is 16.5. The Kier molecular flexibility index (Phi) is 4.14. The Balaban J connectivity index is 1.63. The fourth-order valence-electron chi connectivity index (χ4n) is 3.24. The third-order valence-corrected chi connectivity index (χ3v) is 4.59. The molecule has 0 atom stereocenters. The van der Waals surface area contributed by atoms with Crippen molar-refractivity contribution in [3.63, 3.8) is 0 Å². The van der Waals surface area contributed by atoms with Gasteiger partial charge in [0.25, 0.3) is 0 Å². The van der Waals surface area contributed by atoms with E-state index >= 15 is 0 Å². The molecule has 2 N–H and O–H groups in total. The first-order valence-corrected chi connectivity index (χ1v) is 7.39. The number of anilines is 1. The first-order valence-electron chi connectivity index (χ1n) is 7.39. The van der Waals surface area contributed by atoms with Gasteiger partial charge in [0.15, 0.2) is 0 Å². The van der Waals surface area contributed by atoms with E-state index in [-0.39, 0.29) is 5.54 Å². The average molecular weight is 277 g/mol. The van der Waals surface area contributed by atoms with Crippen LogP contribution >= 0.6 is 0 Å². The van der Waals surface area contributed by atoms with Gasteiger partial charge < -0.3 is 15.4 Å². The molecular weight excluding hydrogens is 254 g/mol. The highest BCUT2D eigenvalue weighted by molar-refractivity contribution is 5.29. The monoisotopic (exact) mass is 277 g/mol. The molecule has 0 bridgehead atoms. The summed E-state index contributed by atoms with van der Waals surface area (Å²) in [7, 11) is 0. The van der Waals surface area contributed by atoms with Gasteiger partial charge in [-0.1, -0.05) is 0 Å². The maximum Gasteiger partial charge on any atom is 0.225 e. The summed E-state index contributed by atoms with van der Waals surface area (Å²) in [6.07, 6.45) is 5.69. The lowest BCUT2D eigenvalue weighted by Gasteiger charge is -2.49. The minimum atomic E-state index is 0.141. The normalized spacial score (nSPS) is 23.8. The molecule has 0 saturated carbocycles. The summed E-state index contributed by atoms with van der Waals surface area (Å²) in [6.45, 7) is 6.36. The Morgan fingerprint density at radius 2 is 1.75 bits per heavy atom. The van der Waals surface area contributed by atoms with Crippen molar-refractivity contribution < 1.29 is 4.74 Å². The van der Waals surface area contributed by atoms with E-state index < -0.39 is 0 Å². The van der Waals surface area contributed by atoms with E-state index in [0.717, 1.165) is 64.7 Å². The van der Waals surface area contributed by atoms with Gasteiger partial charge in [-0.25, -0.2) is 9.97 Å². The molecule has 6 nitrogen and oxygen atoms in total. The number of piperazine rings is 1. The van der Waals surface area contributed by atoms with E-state index in [9.17, 15) is 0 Å². The second-order valence-corrected chi connectivity index (χ2v) is 5.56. The van der Waals surface area contributed by atoms with Gasteiger partial charge in [0.2, 0.25) is 5.95 Å². The Bertz CT molecular complexity index is 413. The molecule has 2 aliphatic heterocycles. The molecule has 0 aliphatic carbocycles. The van der Waals surface area contributed by atoms with Crippen molar-refractivity contribution in [1.82, 2.24) is 14.9 Å². The molecule has 2 fully saturated rings. The number of hydrogen-bond acceptors (Lipinski definition) is 6. The Morgan fingerprint density at radius 1 is 1.10 bits per heavy atom. The summed E-state index contributed by atoms with van der Waals surface area (Å²) in [5.74, 6) is 0.834. The summed E-state index contributed by atoms with van der Waals surface area (Å²) in [5.41, 5.74) is 6.22. The van der Waals surface area contributed by atoms with Gasteiger partial charge in [-0.3, -0.25) is 4.90 Å². The highest BCUT2D eigenvalue weighted by Gasteiger charge is 2.38. The van der Waals surface area contributed by atoms with Crippen LogP contribution < -0.4 is 10.6 Å². The molecule has 2 aliphatic rings. The van der Waals surface area contributed by atoms with Gasteiger partial charge in [0, 0.05) is 63.9 Å². The average Bonchev–Trinajstić information content (AvgIpc) is 2.56. The summed E-state index contributed by atoms with van der Waals surface area (Å²) in [4.78, 5) is 13.5. The zero-order valence-corrected chi connectivity index (χ0v) is 11.9. The molecule has 0 radical (unpaired) electrons. The summed E-state index contributed by atoms with van der Waals surface area (Å²) in [6, 6.07) is 1.85. The van der Waals surface area contributed by atoms with Crippen molar-refractivity contribution in [2.75, 3.05) is 50.8 Å². The van der Waals surface area contributed by atoms with Crippen molar-refractivity contribution in [1.29, 1.82) is 0 Å². The van der Waals surface area contributed by atoms with Crippen LogP contribution in [0.1, 0.15) is 12.8 Å². The number of aromatic nitrogens is 2. The molecule has 110 valence electrons. The Morgan fingerprint density at radius 3 is 2.35 bits per heavy atom. The molecule has 6 heteroatoms. The maximum absolute atomic E-state index is 6.08. The molecule has 1 aromatic rings. The second kappa shape index (κ2) is 6.03. The zero-order chi connectivity index (χ0) is 13.8. The van der Waals surface area contributed by atoms with Gasteiger partial charge in [-0.05, 0) is 18.9 Å². The van der Waals surface area contributed by atoms with Crippen molar-refractivity contribution in [2.24, 2.45) is 5.73 Å². The Labute approximate surface area is 119 Å². The minimum absolute atomic E-state index is 0.141. The van der Waals surface area contributed by atoms with E-state index in [1.807, 2.05) is 6.07 Å². The van der Waals surface area contributed by atoms with Gasteiger partial charge >= 0.3 is 0 Å². The lowest BCUT2D eigenvalue weighted by Crippen LogP contribution is -2.62. The highest BCUT2D eigenvalue weighted by Crippen LogP contribution is 2.28. The number of nitrogens with zero attached hydrogens (tertiary/aromatic N) is 4. The number of ether oxygens (including phenoxy) is 1. The van der Waals surface area contributed by atoms with Crippen LogP contribution in [0.3, 0.4) is 0 Å². The van der Waals surface area contributed by atoms with Crippen LogP contribution in [0.25, 0.3) is 0 Å². The van der Waals surface area contributed by atoms with Crippen LogP contribution in [0.4, 0.5) is 5.95 Å². The van der Waals surface area contributed by atoms with E-state index in [2.05, 4.69) is 19.8 Å². The summed E-state index contributed by atoms with van der Waals surface area (Å²) in [5, 5.41) is 0. The molecule has 3 rings (SSSR count). The predicted molar refractivity (Wildman–Crippen MR) is 77.7 cm³/mol. The van der Waals surface area contributed by atoms with E-state index in [4.69, 9.17) is 10.5 Å². The molecule has 0 aromatic carbocycles. The van der Waals surface area contributed by atoms with Gasteiger partial charge in [-0.15, -0.1) is 0 Å². The van der Waals surface area contributed by atoms with Crippen molar-refractivity contribution >= 4 is 5.95 Å². The predicted octanol–water partition coefficient (Wildman–Crippen LogP) is 0.107. The van der Waals surface area contributed by atoms with Gasteiger partial charge in [0.1, 0.15) is 0 Å². The fraction of sp³-hybridized carbons (Fsp3) is 0.714. The van der Waals surface area contributed by atoms with Crippen molar-refractivity contribution in [2.45, 2.75) is 18.4 Å². The van der Waals surface area contributed by atoms with Crippen LogP contribution in [0.2, 0.25) is 0 Å². The number of hydrogen-bond donors (Lipinski definition) is 1. The van der Waals surface area contributed by atoms with Gasteiger partial charge in [-0.2, -0.15) is 0 Å². The quantitative estimate of drug-likeness (QED) is 0.845. The van der Waals surface area contributed by atoms with E-state index in [1.54, 1.807) is 12.4 Å². The third-order valence-electron chi connectivity index (χ3n) is 4.59. The zero-order valence-electron chi connectivity index (χ0n) is 11.9. The van der Waals surface area contributed by atoms with Crippen LogP contribution in [0.5, 0.6) is 0 Å². The molecule has 3 heterocycles. The lowest BCUT2D eigenvalue weighted by molar-refractivity contribution is -0.0264. The third kappa shape index (κ3) is 2.63. The minimum Gasteiger partial charge on any atom is -0.381 e. The van der Waals surface area contributed by atoms with Crippen LogP contribution in [0, 0.1) is 0 Å². The van der Waals surface area contributed by atoms with Gasteiger partial charge in [0.05, 0.1) is 0 Å². The second-order valence-electron chi connectivity index (χ2n) is 5.56. The topological polar surface area (TPSA) is 67.5 Å². The van der Waals surface area contributed by atoms with Crippen molar-refractivity contribution in [3.8, 4) is 0 Å². The SMILES string of the molecule is NCC1(N2CCN(c3ncccn3)CC2)CCOCC1. The number of rotatable bonds is 3. The molecule has 0 unspecified atom stereocenters. The number of nitrogens with two attached hydrogens (primary N) is 1. The largest absolute Gasteiger partial charge is 0.381 e. The van der Waals surface area contributed by atoms with Crippen LogP contribution in [0.15, 0.2) is 18.5 Å². The van der Waals surface area contributed by atoms with Crippen LogP contribution in [-0.2, 0) is 4.74 Å². The maximum atomic E-state index is 6.08. The van der Waals surface area contributed by atoms with Crippen molar-refractivity contribution in [3.05, 3.63) is 18.5 Å². The van der Waals surface area contributed by atoms with E-state index in [1.165, 1.54) is 0 Å². The lowest BCUT2D eigenvalue weighted by atomic mass is 9.87. The molecule has 1 aromatic heterocycles. The first kappa shape index (κ1) is 13.7. The van der Waals surface area contributed by atoms with Crippen LogP contribution in [-0.4, -0.2) is 66.3 Å². The standard InChI is InChI=1S/C14H23N5O/c15-12-14(2-10-20-11-3-14)19-8-6-18(7-9-19)13-16-4-1-5-17-13/h1,4-5H,2-3,6-12,15H2. The first-order chi connectivity index (χ1) is 9.84. The summed E-state index contributed by atoms with van der Waals surface area (Å²) >= 11 is 0. The molecular formula is C14H23N5O. The molecule has 20 heavy (non-hydrogen) atoms.